The first-order valence-corrected chi connectivity index (χ1v) is 8.42. The van der Waals surface area contributed by atoms with E-state index in [0.717, 1.165) is 24.5 Å². The van der Waals surface area contributed by atoms with Crippen LogP contribution in [0.3, 0.4) is 0 Å². The molecular formula is C17H21ClN4O2. The fourth-order valence-electron chi connectivity index (χ4n) is 2.90. The van der Waals surface area contributed by atoms with Crippen molar-refractivity contribution in [3.63, 3.8) is 0 Å². The standard InChI is InChI=1S/C17H21ClN4O2/c1-3-22-12-13(18)16(19-22)17(23)21-10-8-20(9-11-21)14-6-4-5-7-15(14)24-2/h4-7,12H,3,8-11H2,1-2H3. The number of rotatable bonds is 4. The molecule has 1 aromatic heterocycles. The third kappa shape index (κ3) is 3.19. The van der Waals surface area contributed by atoms with Gasteiger partial charge in [-0.05, 0) is 19.1 Å². The Morgan fingerprint density at radius 1 is 1.25 bits per heavy atom. The predicted octanol–water partition coefficient (Wildman–Crippen LogP) is 2.53. The number of methoxy groups -OCH3 is 1. The number of piperazine rings is 1. The molecule has 0 radical (unpaired) electrons. The number of carbonyl (C=O) groups excluding carboxylic acids is 1. The third-order valence-corrected chi connectivity index (χ3v) is 4.51. The lowest BCUT2D eigenvalue weighted by atomic mass is 10.2. The van der Waals surface area contributed by atoms with Crippen LogP contribution in [0, 0.1) is 0 Å². The summed E-state index contributed by atoms with van der Waals surface area (Å²) in [6, 6.07) is 7.93. The van der Waals surface area contributed by atoms with Crippen molar-refractivity contribution in [3.05, 3.63) is 41.2 Å². The molecule has 24 heavy (non-hydrogen) atoms. The summed E-state index contributed by atoms with van der Waals surface area (Å²) in [5, 5.41) is 4.68. The number of carbonyl (C=O) groups is 1. The summed E-state index contributed by atoms with van der Waals surface area (Å²) in [6.45, 7) is 5.41. The lowest BCUT2D eigenvalue weighted by molar-refractivity contribution is 0.0740. The highest BCUT2D eigenvalue weighted by molar-refractivity contribution is 6.33. The molecule has 0 atom stereocenters. The Morgan fingerprint density at radius 3 is 2.58 bits per heavy atom. The Bertz CT molecular complexity index is 723. The van der Waals surface area contributed by atoms with Gasteiger partial charge in [0.05, 0.1) is 17.8 Å². The number of hydrogen-bond donors (Lipinski definition) is 0. The summed E-state index contributed by atoms with van der Waals surface area (Å²) in [5.41, 5.74) is 1.39. The molecule has 0 bridgehead atoms. The van der Waals surface area contributed by atoms with E-state index in [-0.39, 0.29) is 5.91 Å². The zero-order valence-electron chi connectivity index (χ0n) is 13.9. The lowest BCUT2D eigenvalue weighted by Gasteiger charge is -2.36. The number of ether oxygens (including phenoxy) is 1. The van der Waals surface area contributed by atoms with Gasteiger partial charge in [-0.2, -0.15) is 5.10 Å². The Hall–Kier alpha value is -2.21. The van der Waals surface area contributed by atoms with Gasteiger partial charge in [-0.1, -0.05) is 23.7 Å². The average molecular weight is 349 g/mol. The summed E-state index contributed by atoms with van der Waals surface area (Å²) in [7, 11) is 1.67. The van der Waals surface area contributed by atoms with Gasteiger partial charge < -0.3 is 14.5 Å². The van der Waals surface area contributed by atoms with Crippen molar-refractivity contribution in [3.8, 4) is 5.75 Å². The van der Waals surface area contributed by atoms with Crippen molar-refractivity contribution in [1.29, 1.82) is 0 Å². The van der Waals surface area contributed by atoms with Gasteiger partial charge in [-0.15, -0.1) is 0 Å². The van der Waals surface area contributed by atoms with Crippen LogP contribution in [-0.2, 0) is 6.54 Å². The molecule has 1 aromatic carbocycles. The highest BCUT2D eigenvalue weighted by Gasteiger charge is 2.26. The van der Waals surface area contributed by atoms with Crippen molar-refractivity contribution < 1.29 is 9.53 Å². The van der Waals surface area contributed by atoms with Gasteiger partial charge >= 0.3 is 0 Å². The van der Waals surface area contributed by atoms with Crippen LogP contribution in [0.4, 0.5) is 5.69 Å². The smallest absolute Gasteiger partial charge is 0.276 e. The summed E-state index contributed by atoms with van der Waals surface area (Å²) < 4.78 is 7.10. The summed E-state index contributed by atoms with van der Waals surface area (Å²) >= 11 is 6.14. The number of para-hydroxylation sites is 2. The highest BCUT2D eigenvalue weighted by Crippen LogP contribution is 2.28. The predicted molar refractivity (Wildman–Crippen MR) is 94.0 cm³/mol. The number of aromatic nitrogens is 2. The van der Waals surface area contributed by atoms with Gasteiger partial charge in [-0.25, -0.2) is 0 Å². The topological polar surface area (TPSA) is 50.6 Å². The minimum Gasteiger partial charge on any atom is -0.495 e. The first-order chi connectivity index (χ1) is 11.6. The summed E-state index contributed by atoms with van der Waals surface area (Å²) in [6.07, 6.45) is 1.69. The molecule has 128 valence electrons. The molecule has 7 heteroatoms. The highest BCUT2D eigenvalue weighted by atomic mass is 35.5. The Balaban J connectivity index is 1.68. The van der Waals surface area contributed by atoms with E-state index in [2.05, 4.69) is 10.00 Å². The molecule has 0 saturated carbocycles. The van der Waals surface area contributed by atoms with Gasteiger partial charge in [0, 0.05) is 38.9 Å². The van der Waals surface area contributed by atoms with Gasteiger partial charge in [0.2, 0.25) is 0 Å². The minimum atomic E-state index is -0.105. The molecule has 1 aliphatic rings. The van der Waals surface area contributed by atoms with Crippen LogP contribution in [0.1, 0.15) is 17.4 Å². The normalized spacial score (nSPS) is 14.8. The van der Waals surface area contributed by atoms with E-state index in [0.29, 0.717) is 30.4 Å². The van der Waals surface area contributed by atoms with Crippen LogP contribution >= 0.6 is 11.6 Å². The second-order valence-corrected chi connectivity index (χ2v) is 6.04. The Morgan fingerprint density at radius 2 is 1.96 bits per heavy atom. The zero-order chi connectivity index (χ0) is 17.1. The van der Waals surface area contributed by atoms with Crippen molar-refractivity contribution in [2.75, 3.05) is 38.2 Å². The molecule has 3 rings (SSSR count). The monoisotopic (exact) mass is 348 g/mol. The molecular weight excluding hydrogens is 328 g/mol. The fourth-order valence-corrected chi connectivity index (χ4v) is 3.13. The number of nitrogens with zero attached hydrogens (tertiary/aromatic N) is 4. The average Bonchev–Trinajstić information content (AvgIpc) is 3.02. The third-order valence-electron chi connectivity index (χ3n) is 4.24. The number of hydrogen-bond acceptors (Lipinski definition) is 4. The first-order valence-electron chi connectivity index (χ1n) is 8.04. The Labute approximate surface area is 146 Å². The SMILES string of the molecule is CCn1cc(Cl)c(C(=O)N2CCN(c3ccccc3OC)CC2)n1. The van der Waals surface area contributed by atoms with Gasteiger partial charge in [0.15, 0.2) is 5.69 Å². The molecule has 2 heterocycles. The maximum absolute atomic E-state index is 12.6. The number of anilines is 1. The van der Waals surface area contributed by atoms with E-state index in [9.17, 15) is 4.79 Å². The largest absolute Gasteiger partial charge is 0.495 e. The quantitative estimate of drug-likeness (QED) is 0.852. The van der Waals surface area contributed by atoms with E-state index in [1.54, 1.807) is 22.9 Å². The maximum atomic E-state index is 12.6. The van der Waals surface area contributed by atoms with Crippen molar-refractivity contribution >= 4 is 23.2 Å². The Kier molecular flexibility index (Phi) is 4.94. The molecule has 0 spiro atoms. The van der Waals surface area contributed by atoms with Crippen LogP contribution in [0.15, 0.2) is 30.5 Å². The van der Waals surface area contributed by atoms with E-state index >= 15 is 0 Å². The van der Waals surface area contributed by atoms with Crippen molar-refractivity contribution in [2.45, 2.75) is 13.5 Å². The molecule has 0 aliphatic carbocycles. The summed E-state index contributed by atoms with van der Waals surface area (Å²) in [5.74, 6) is 0.744. The van der Waals surface area contributed by atoms with Gasteiger partial charge in [-0.3, -0.25) is 9.48 Å². The molecule has 0 N–H and O–H groups in total. The van der Waals surface area contributed by atoms with E-state index in [1.165, 1.54) is 0 Å². The number of benzene rings is 1. The fraction of sp³-hybridized carbons (Fsp3) is 0.412. The van der Waals surface area contributed by atoms with Crippen molar-refractivity contribution in [2.24, 2.45) is 0 Å². The molecule has 0 unspecified atom stereocenters. The van der Waals surface area contributed by atoms with Crippen LogP contribution in [-0.4, -0.2) is 53.9 Å². The van der Waals surface area contributed by atoms with Crippen LogP contribution in [0.5, 0.6) is 5.75 Å². The number of aryl methyl sites for hydroxylation is 1. The minimum absolute atomic E-state index is 0.105. The summed E-state index contributed by atoms with van der Waals surface area (Å²) in [4.78, 5) is 16.7. The van der Waals surface area contributed by atoms with Gasteiger partial charge in [0.1, 0.15) is 5.75 Å². The van der Waals surface area contributed by atoms with E-state index < -0.39 is 0 Å². The molecule has 6 nitrogen and oxygen atoms in total. The number of halogens is 1. The van der Waals surface area contributed by atoms with E-state index in [1.807, 2.05) is 31.2 Å². The molecule has 1 fully saturated rings. The second kappa shape index (κ2) is 7.13. The maximum Gasteiger partial charge on any atom is 0.276 e. The number of amides is 1. The first kappa shape index (κ1) is 16.6. The lowest BCUT2D eigenvalue weighted by Crippen LogP contribution is -2.49. The molecule has 1 saturated heterocycles. The van der Waals surface area contributed by atoms with E-state index in [4.69, 9.17) is 16.3 Å². The molecule has 1 aliphatic heterocycles. The zero-order valence-corrected chi connectivity index (χ0v) is 14.7. The second-order valence-electron chi connectivity index (χ2n) is 5.63. The van der Waals surface area contributed by atoms with Gasteiger partial charge in [0.25, 0.3) is 5.91 Å². The van der Waals surface area contributed by atoms with Crippen LogP contribution in [0.2, 0.25) is 5.02 Å². The van der Waals surface area contributed by atoms with Crippen molar-refractivity contribution in [1.82, 2.24) is 14.7 Å². The van der Waals surface area contributed by atoms with Crippen LogP contribution in [0.25, 0.3) is 0 Å². The molecule has 1 amide bonds. The molecule has 2 aromatic rings. The van der Waals surface area contributed by atoms with Crippen LogP contribution < -0.4 is 9.64 Å².